The third kappa shape index (κ3) is 4.37. The highest BCUT2D eigenvalue weighted by Gasteiger charge is 2.26. The zero-order valence-corrected chi connectivity index (χ0v) is 16.1. The van der Waals surface area contributed by atoms with E-state index < -0.39 is 6.10 Å². The summed E-state index contributed by atoms with van der Waals surface area (Å²) in [4.78, 5) is 14.9. The van der Waals surface area contributed by atoms with Crippen LogP contribution in [0.25, 0.3) is 0 Å². The van der Waals surface area contributed by atoms with Crippen molar-refractivity contribution in [3.8, 4) is 5.75 Å². The van der Waals surface area contributed by atoms with Crippen LogP contribution in [0.15, 0.2) is 59.1 Å². The predicted molar refractivity (Wildman–Crippen MR) is 105 cm³/mol. The molecule has 0 bridgehead atoms. The number of para-hydroxylation sites is 1. The van der Waals surface area contributed by atoms with Crippen molar-refractivity contribution in [3.63, 3.8) is 0 Å². The van der Waals surface area contributed by atoms with Crippen molar-refractivity contribution in [2.75, 3.05) is 4.90 Å². The van der Waals surface area contributed by atoms with E-state index in [1.165, 1.54) is 0 Å². The van der Waals surface area contributed by atoms with Gasteiger partial charge >= 0.3 is 0 Å². The molecule has 0 saturated heterocycles. The van der Waals surface area contributed by atoms with E-state index in [0.29, 0.717) is 18.1 Å². The summed E-state index contributed by atoms with van der Waals surface area (Å²) in [5.74, 6) is 1.27. The Morgan fingerprint density at radius 3 is 2.33 bits per heavy atom. The summed E-state index contributed by atoms with van der Waals surface area (Å²) < 4.78 is 11.1. The van der Waals surface area contributed by atoms with Crippen molar-refractivity contribution in [2.24, 2.45) is 0 Å². The SMILES string of the molecule is Cc1ccc(OC(C)C(=O)N(Cc2c(C)noc2C)c2ccccc2)cc1. The van der Waals surface area contributed by atoms with Crippen LogP contribution in [0.2, 0.25) is 0 Å². The number of amides is 1. The molecule has 0 aliphatic rings. The monoisotopic (exact) mass is 364 g/mol. The number of carbonyl (C=O) groups is 1. The number of hydrogen-bond acceptors (Lipinski definition) is 4. The number of aryl methyl sites for hydroxylation is 3. The number of benzene rings is 2. The number of carbonyl (C=O) groups excluding carboxylic acids is 1. The smallest absolute Gasteiger partial charge is 0.268 e. The van der Waals surface area contributed by atoms with Crippen LogP contribution in [-0.2, 0) is 11.3 Å². The molecule has 0 fully saturated rings. The maximum absolute atomic E-state index is 13.2. The van der Waals surface area contributed by atoms with Gasteiger partial charge in [-0.05, 0) is 52.0 Å². The molecule has 5 nitrogen and oxygen atoms in total. The number of aromatic nitrogens is 1. The van der Waals surface area contributed by atoms with Crippen molar-refractivity contribution in [3.05, 3.63) is 77.2 Å². The maximum Gasteiger partial charge on any atom is 0.268 e. The summed E-state index contributed by atoms with van der Waals surface area (Å²) in [5.41, 5.74) is 3.65. The Hall–Kier alpha value is -3.08. The van der Waals surface area contributed by atoms with Crippen molar-refractivity contribution >= 4 is 11.6 Å². The second kappa shape index (κ2) is 8.08. The van der Waals surface area contributed by atoms with Gasteiger partial charge in [0.05, 0.1) is 12.2 Å². The van der Waals surface area contributed by atoms with Crippen LogP contribution in [0, 0.1) is 20.8 Å². The summed E-state index contributed by atoms with van der Waals surface area (Å²) in [6.45, 7) is 7.90. The van der Waals surface area contributed by atoms with E-state index >= 15 is 0 Å². The molecule has 1 heterocycles. The van der Waals surface area contributed by atoms with Gasteiger partial charge in [-0.2, -0.15) is 0 Å². The first-order chi connectivity index (χ1) is 13.0. The summed E-state index contributed by atoms with van der Waals surface area (Å²) >= 11 is 0. The maximum atomic E-state index is 13.2. The summed E-state index contributed by atoms with van der Waals surface area (Å²) in [6.07, 6.45) is -0.631. The third-order valence-corrected chi connectivity index (χ3v) is 4.51. The summed E-state index contributed by atoms with van der Waals surface area (Å²) in [7, 11) is 0. The molecule has 1 atom stereocenters. The zero-order valence-electron chi connectivity index (χ0n) is 16.1. The highest BCUT2D eigenvalue weighted by Crippen LogP contribution is 2.23. The first-order valence-corrected chi connectivity index (χ1v) is 8.97. The van der Waals surface area contributed by atoms with Crippen molar-refractivity contribution < 1.29 is 14.1 Å². The molecule has 1 unspecified atom stereocenters. The van der Waals surface area contributed by atoms with Crippen molar-refractivity contribution in [2.45, 2.75) is 40.3 Å². The Bertz CT molecular complexity index is 882. The molecule has 0 spiro atoms. The second-order valence-corrected chi connectivity index (χ2v) is 6.64. The van der Waals surface area contributed by atoms with Crippen LogP contribution in [-0.4, -0.2) is 17.2 Å². The Balaban J connectivity index is 1.85. The van der Waals surface area contributed by atoms with Crippen LogP contribution < -0.4 is 9.64 Å². The summed E-state index contributed by atoms with van der Waals surface area (Å²) in [5, 5.41) is 4.00. The standard InChI is InChI=1S/C22H24N2O3/c1-15-10-12-20(13-11-15)26-18(4)22(25)24(19-8-6-5-7-9-19)14-21-16(2)23-27-17(21)3/h5-13,18H,14H2,1-4H3. The Morgan fingerprint density at radius 1 is 1.07 bits per heavy atom. The minimum absolute atomic E-state index is 0.123. The highest BCUT2D eigenvalue weighted by atomic mass is 16.5. The molecule has 0 radical (unpaired) electrons. The molecule has 2 aromatic carbocycles. The van der Waals surface area contributed by atoms with E-state index in [4.69, 9.17) is 9.26 Å². The van der Waals surface area contributed by atoms with Gasteiger partial charge in [-0.15, -0.1) is 0 Å². The van der Waals surface area contributed by atoms with Gasteiger partial charge in [0.25, 0.3) is 5.91 Å². The van der Waals surface area contributed by atoms with Crippen molar-refractivity contribution in [1.82, 2.24) is 5.16 Å². The fraction of sp³-hybridized carbons (Fsp3) is 0.273. The molecular weight excluding hydrogens is 340 g/mol. The van der Waals surface area contributed by atoms with Crippen LogP contribution in [0.5, 0.6) is 5.75 Å². The number of hydrogen-bond donors (Lipinski definition) is 0. The third-order valence-electron chi connectivity index (χ3n) is 4.51. The normalized spacial score (nSPS) is 11.9. The molecule has 27 heavy (non-hydrogen) atoms. The second-order valence-electron chi connectivity index (χ2n) is 6.64. The van der Waals surface area contributed by atoms with E-state index in [-0.39, 0.29) is 5.91 Å². The predicted octanol–water partition coefficient (Wildman–Crippen LogP) is 4.60. The lowest BCUT2D eigenvalue weighted by Crippen LogP contribution is -2.40. The average molecular weight is 364 g/mol. The van der Waals surface area contributed by atoms with Gasteiger partial charge in [0.15, 0.2) is 6.10 Å². The topological polar surface area (TPSA) is 55.6 Å². The van der Waals surface area contributed by atoms with Crippen molar-refractivity contribution in [1.29, 1.82) is 0 Å². The van der Waals surface area contributed by atoms with Gasteiger partial charge in [-0.3, -0.25) is 4.79 Å². The van der Waals surface area contributed by atoms with Gasteiger partial charge in [0, 0.05) is 11.3 Å². The molecule has 0 aliphatic carbocycles. The molecule has 3 rings (SSSR count). The molecule has 3 aromatic rings. The molecule has 140 valence electrons. The van der Waals surface area contributed by atoms with Crippen LogP contribution in [0.1, 0.15) is 29.5 Å². The molecule has 1 amide bonds. The Labute approximate surface area is 159 Å². The first-order valence-electron chi connectivity index (χ1n) is 8.97. The molecule has 0 aliphatic heterocycles. The summed E-state index contributed by atoms with van der Waals surface area (Å²) in [6, 6.07) is 17.2. The number of ether oxygens (including phenoxy) is 1. The zero-order chi connectivity index (χ0) is 19.4. The van der Waals surface area contributed by atoms with E-state index in [1.807, 2.05) is 75.4 Å². The van der Waals surface area contributed by atoms with Crippen LogP contribution in [0.4, 0.5) is 5.69 Å². The molecule has 5 heteroatoms. The average Bonchev–Trinajstić information content (AvgIpc) is 2.99. The largest absolute Gasteiger partial charge is 0.481 e. The van der Waals surface area contributed by atoms with E-state index in [0.717, 1.165) is 22.5 Å². The van der Waals surface area contributed by atoms with Crippen LogP contribution >= 0.6 is 0 Å². The van der Waals surface area contributed by atoms with Gasteiger partial charge in [-0.25, -0.2) is 0 Å². The van der Waals surface area contributed by atoms with E-state index in [1.54, 1.807) is 11.8 Å². The lowest BCUT2D eigenvalue weighted by Gasteiger charge is -2.26. The van der Waals surface area contributed by atoms with E-state index in [2.05, 4.69) is 5.16 Å². The van der Waals surface area contributed by atoms with Crippen LogP contribution in [0.3, 0.4) is 0 Å². The number of rotatable bonds is 6. The quantitative estimate of drug-likeness (QED) is 0.641. The van der Waals surface area contributed by atoms with Gasteiger partial charge in [-0.1, -0.05) is 41.1 Å². The lowest BCUT2D eigenvalue weighted by atomic mass is 10.1. The van der Waals surface area contributed by atoms with Gasteiger partial charge in [0.1, 0.15) is 11.5 Å². The molecular formula is C22H24N2O3. The lowest BCUT2D eigenvalue weighted by molar-refractivity contribution is -0.124. The molecule has 0 N–H and O–H groups in total. The Morgan fingerprint density at radius 2 is 1.74 bits per heavy atom. The minimum Gasteiger partial charge on any atom is -0.481 e. The van der Waals surface area contributed by atoms with Gasteiger partial charge < -0.3 is 14.2 Å². The minimum atomic E-state index is -0.631. The highest BCUT2D eigenvalue weighted by molar-refractivity contribution is 5.96. The molecule has 0 saturated carbocycles. The fourth-order valence-electron chi connectivity index (χ4n) is 2.88. The number of anilines is 1. The van der Waals surface area contributed by atoms with E-state index in [9.17, 15) is 4.79 Å². The molecule has 1 aromatic heterocycles. The first kappa shape index (κ1) is 18.7. The Kier molecular flexibility index (Phi) is 5.60. The number of nitrogens with zero attached hydrogens (tertiary/aromatic N) is 2. The fourth-order valence-corrected chi connectivity index (χ4v) is 2.88. The van der Waals surface area contributed by atoms with Gasteiger partial charge in [0.2, 0.25) is 0 Å².